The van der Waals surface area contributed by atoms with Gasteiger partial charge in [0.25, 0.3) is 0 Å². The number of rotatable bonds is 3. The van der Waals surface area contributed by atoms with Crippen LogP contribution in [0.25, 0.3) is 10.2 Å². The Kier molecular flexibility index (Phi) is 4.17. The number of para-hydroxylation sites is 1. The number of aromatic nitrogens is 1. The Morgan fingerprint density at radius 2 is 1.96 bits per heavy atom. The van der Waals surface area contributed by atoms with Crippen molar-refractivity contribution in [3.8, 4) is 0 Å². The molecule has 3 aromatic rings. The molecule has 5 heteroatoms. The van der Waals surface area contributed by atoms with Gasteiger partial charge in [-0.15, -0.1) is 11.3 Å². The summed E-state index contributed by atoms with van der Waals surface area (Å²) in [5.41, 5.74) is 2.13. The van der Waals surface area contributed by atoms with Gasteiger partial charge >= 0.3 is 6.03 Å². The second-order valence-corrected chi connectivity index (χ2v) is 7.08. The lowest BCUT2D eigenvalue weighted by molar-refractivity contribution is 0.192. The number of nitrogens with zero attached hydrogens (tertiary/aromatic N) is 2. The van der Waals surface area contributed by atoms with E-state index >= 15 is 0 Å². The highest BCUT2D eigenvalue weighted by molar-refractivity contribution is 7.18. The Bertz CT molecular complexity index is 813. The highest BCUT2D eigenvalue weighted by atomic mass is 32.1. The molecule has 1 aliphatic rings. The lowest BCUT2D eigenvalue weighted by atomic mass is 10.2. The van der Waals surface area contributed by atoms with E-state index in [1.54, 1.807) is 11.3 Å². The number of carbonyl (C=O) groups is 1. The first-order chi connectivity index (χ1) is 11.8. The van der Waals surface area contributed by atoms with Crippen molar-refractivity contribution >= 4 is 27.6 Å². The second-order valence-electron chi connectivity index (χ2n) is 6.02. The number of hydrogen-bond donors (Lipinski definition) is 1. The zero-order valence-electron chi connectivity index (χ0n) is 13.3. The van der Waals surface area contributed by atoms with Crippen molar-refractivity contribution in [3.05, 3.63) is 65.2 Å². The van der Waals surface area contributed by atoms with Crippen molar-refractivity contribution in [2.45, 2.75) is 25.4 Å². The van der Waals surface area contributed by atoms with Gasteiger partial charge in [-0.2, -0.15) is 0 Å². The van der Waals surface area contributed by atoms with E-state index in [0.29, 0.717) is 6.54 Å². The highest BCUT2D eigenvalue weighted by Gasteiger charge is 2.32. The molecule has 2 aromatic carbocycles. The van der Waals surface area contributed by atoms with E-state index < -0.39 is 0 Å². The fourth-order valence-electron chi connectivity index (χ4n) is 3.17. The molecule has 1 atom stereocenters. The predicted octanol–water partition coefficient (Wildman–Crippen LogP) is 4.34. The predicted molar refractivity (Wildman–Crippen MR) is 97.0 cm³/mol. The molecule has 1 N–H and O–H groups in total. The molecule has 0 saturated carbocycles. The molecule has 4 nitrogen and oxygen atoms in total. The molecule has 0 unspecified atom stereocenters. The van der Waals surface area contributed by atoms with Crippen LogP contribution in [0.1, 0.15) is 29.5 Å². The van der Waals surface area contributed by atoms with Crippen LogP contribution in [-0.2, 0) is 6.54 Å². The van der Waals surface area contributed by atoms with Gasteiger partial charge in [-0.25, -0.2) is 9.78 Å². The summed E-state index contributed by atoms with van der Waals surface area (Å²) < 4.78 is 1.18. The molecule has 1 aromatic heterocycles. The molecule has 1 aliphatic heterocycles. The largest absolute Gasteiger partial charge is 0.334 e. The summed E-state index contributed by atoms with van der Waals surface area (Å²) in [7, 11) is 0. The van der Waals surface area contributed by atoms with E-state index in [9.17, 15) is 4.79 Å². The molecule has 1 fully saturated rings. The van der Waals surface area contributed by atoms with Gasteiger partial charge in [-0.05, 0) is 30.5 Å². The van der Waals surface area contributed by atoms with Crippen LogP contribution in [-0.4, -0.2) is 22.5 Å². The Hall–Kier alpha value is -2.40. The van der Waals surface area contributed by atoms with Gasteiger partial charge in [0.2, 0.25) is 0 Å². The third-order valence-electron chi connectivity index (χ3n) is 4.40. The normalized spacial score (nSPS) is 17.3. The standard InChI is InChI=1S/C19H19N3OS/c23-19(20-13-14-7-2-1-3-8-14)22-12-6-10-16(22)18-21-15-9-4-5-11-17(15)24-18/h1-5,7-9,11,16H,6,10,12-13H2,(H,20,23)/t16-/m1/s1. The van der Waals surface area contributed by atoms with Gasteiger partial charge in [0, 0.05) is 13.1 Å². The van der Waals surface area contributed by atoms with E-state index in [0.717, 1.165) is 35.5 Å². The average Bonchev–Trinajstić information content (AvgIpc) is 3.26. The van der Waals surface area contributed by atoms with Crippen LogP contribution in [0.4, 0.5) is 4.79 Å². The molecule has 0 aliphatic carbocycles. The Balaban J connectivity index is 1.48. The molecule has 2 amide bonds. The molecule has 24 heavy (non-hydrogen) atoms. The maximum absolute atomic E-state index is 12.6. The van der Waals surface area contributed by atoms with Crippen LogP contribution in [0, 0.1) is 0 Å². The number of fused-ring (bicyclic) bond motifs is 1. The van der Waals surface area contributed by atoms with Gasteiger partial charge in [0.1, 0.15) is 5.01 Å². The van der Waals surface area contributed by atoms with Crippen molar-refractivity contribution in [3.63, 3.8) is 0 Å². The number of thiazole rings is 1. The van der Waals surface area contributed by atoms with E-state index in [1.165, 1.54) is 4.70 Å². The van der Waals surface area contributed by atoms with Crippen molar-refractivity contribution in [1.29, 1.82) is 0 Å². The van der Waals surface area contributed by atoms with Crippen LogP contribution in [0.3, 0.4) is 0 Å². The molecule has 2 heterocycles. The maximum atomic E-state index is 12.6. The minimum Gasteiger partial charge on any atom is -0.334 e. The summed E-state index contributed by atoms with van der Waals surface area (Å²) in [6.07, 6.45) is 2.01. The lowest BCUT2D eigenvalue weighted by Crippen LogP contribution is -2.39. The first kappa shape index (κ1) is 15.1. The number of hydrogen-bond acceptors (Lipinski definition) is 3. The van der Waals surface area contributed by atoms with Gasteiger partial charge in [0.15, 0.2) is 0 Å². The van der Waals surface area contributed by atoms with Crippen molar-refractivity contribution in [2.75, 3.05) is 6.54 Å². The maximum Gasteiger partial charge on any atom is 0.318 e. The Morgan fingerprint density at radius 3 is 2.79 bits per heavy atom. The third-order valence-corrected chi connectivity index (χ3v) is 5.53. The molecule has 4 rings (SSSR count). The van der Waals surface area contributed by atoms with Crippen molar-refractivity contribution in [2.24, 2.45) is 0 Å². The summed E-state index contributed by atoms with van der Waals surface area (Å²) in [5, 5.41) is 4.08. The molecule has 1 saturated heterocycles. The average molecular weight is 337 g/mol. The van der Waals surface area contributed by atoms with Gasteiger partial charge in [0.05, 0.1) is 16.3 Å². The monoisotopic (exact) mass is 337 g/mol. The van der Waals surface area contributed by atoms with E-state index in [-0.39, 0.29) is 12.1 Å². The number of urea groups is 1. The molecule has 0 radical (unpaired) electrons. The summed E-state index contributed by atoms with van der Waals surface area (Å²) in [4.78, 5) is 19.3. The van der Waals surface area contributed by atoms with Crippen LogP contribution in [0.5, 0.6) is 0 Å². The minimum absolute atomic E-state index is 0.000564. The molecule has 0 spiro atoms. The van der Waals surface area contributed by atoms with Gasteiger partial charge in [-0.1, -0.05) is 42.5 Å². The summed E-state index contributed by atoms with van der Waals surface area (Å²) in [5.74, 6) is 0. The molecular formula is C19H19N3OS. The molecule has 0 bridgehead atoms. The Morgan fingerprint density at radius 1 is 1.17 bits per heavy atom. The van der Waals surface area contributed by atoms with Crippen LogP contribution >= 0.6 is 11.3 Å². The van der Waals surface area contributed by atoms with Crippen LogP contribution in [0.2, 0.25) is 0 Å². The zero-order chi connectivity index (χ0) is 16.4. The first-order valence-corrected chi connectivity index (χ1v) is 9.07. The van der Waals surface area contributed by atoms with E-state index in [2.05, 4.69) is 11.4 Å². The van der Waals surface area contributed by atoms with Crippen molar-refractivity contribution in [1.82, 2.24) is 15.2 Å². The van der Waals surface area contributed by atoms with E-state index in [4.69, 9.17) is 4.98 Å². The molecular weight excluding hydrogens is 318 g/mol. The second kappa shape index (κ2) is 6.61. The lowest BCUT2D eigenvalue weighted by Gasteiger charge is -2.23. The Labute approximate surface area is 145 Å². The summed E-state index contributed by atoms with van der Waals surface area (Å²) in [6.45, 7) is 1.35. The molecule has 122 valence electrons. The van der Waals surface area contributed by atoms with Crippen LogP contribution in [0.15, 0.2) is 54.6 Å². The van der Waals surface area contributed by atoms with Crippen molar-refractivity contribution < 1.29 is 4.79 Å². The smallest absolute Gasteiger partial charge is 0.318 e. The number of benzene rings is 2. The van der Waals surface area contributed by atoms with E-state index in [1.807, 2.05) is 53.4 Å². The first-order valence-electron chi connectivity index (χ1n) is 8.25. The quantitative estimate of drug-likeness (QED) is 0.772. The number of nitrogens with one attached hydrogen (secondary N) is 1. The topological polar surface area (TPSA) is 45.2 Å². The van der Waals surface area contributed by atoms with Crippen LogP contribution < -0.4 is 5.32 Å². The third kappa shape index (κ3) is 2.99. The highest BCUT2D eigenvalue weighted by Crippen LogP contribution is 2.36. The fraction of sp³-hybridized carbons (Fsp3) is 0.263. The minimum atomic E-state index is 0.000564. The fourth-order valence-corrected chi connectivity index (χ4v) is 4.29. The number of carbonyl (C=O) groups excluding carboxylic acids is 1. The zero-order valence-corrected chi connectivity index (χ0v) is 14.1. The summed E-state index contributed by atoms with van der Waals surface area (Å²) >= 11 is 1.70. The number of likely N-dealkylation sites (tertiary alicyclic amines) is 1. The summed E-state index contributed by atoms with van der Waals surface area (Å²) in [6, 6.07) is 18.3. The number of amides is 2. The van der Waals surface area contributed by atoms with Gasteiger partial charge < -0.3 is 10.2 Å². The van der Waals surface area contributed by atoms with Gasteiger partial charge in [-0.3, -0.25) is 0 Å². The SMILES string of the molecule is O=C(NCc1ccccc1)N1CCC[C@@H]1c1nc2ccccc2s1.